The number of nitrogens with zero attached hydrogens (tertiary/aromatic N) is 2. The summed E-state index contributed by atoms with van der Waals surface area (Å²) in [6, 6.07) is 6.91. The lowest BCUT2D eigenvalue weighted by Gasteiger charge is -2.27. The molecule has 7 heteroatoms. The number of hydrogen-bond acceptors (Lipinski definition) is 5. The van der Waals surface area contributed by atoms with Gasteiger partial charge in [-0.15, -0.1) is 0 Å². The zero-order chi connectivity index (χ0) is 15.5. The van der Waals surface area contributed by atoms with Gasteiger partial charge < -0.3 is 14.6 Å². The van der Waals surface area contributed by atoms with Crippen LogP contribution in [0, 0.1) is 0 Å². The topological polar surface area (TPSA) is 80.5 Å². The number of carbonyl (C=O) groups is 1. The Morgan fingerprint density at radius 2 is 2.09 bits per heavy atom. The van der Waals surface area contributed by atoms with Crippen LogP contribution in [-0.4, -0.2) is 46.9 Å². The average molecular weight is 304 g/mol. The molecule has 2 aromatic heterocycles. The van der Waals surface area contributed by atoms with E-state index in [-0.39, 0.29) is 5.75 Å². The summed E-state index contributed by atoms with van der Waals surface area (Å²) in [7, 11) is 0. The summed E-state index contributed by atoms with van der Waals surface area (Å²) in [6.45, 7) is 3.54. The minimum Gasteiger partial charge on any atom is -0.449 e. The molecule has 0 unspecified atom stereocenters. The second kappa shape index (κ2) is 6.17. The number of fused-ring (bicyclic) bond motifs is 1. The highest BCUT2D eigenvalue weighted by Gasteiger charge is 2.16. The molecule has 1 fully saturated rings. The van der Waals surface area contributed by atoms with Crippen molar-refractivity contribution >= 4 is 11.7 Å². The van der Waals surface area contributed by atoms with Crippen LogP contribution in [0.4, 0.5) is 4.79 Å². The van der Waals surface area contributed by atoms with E-state index in [1.54, 1.807) is 12.3 Å². The van der Waals surface area contributed by atoms with Crippen LogP contribution in [0.3, 0.4) is 0 Å². The number of carboxylic acid groups (broad SMARTS) is 1. The Hall–Kier alpha value is -2.38. The van der Waals surface area contributed by atoms with Gasteiger partial charge in [-0.1, -0.05) is 6.07 Å². The van der Waals surface area contributed by atoms with E-state index in [0.29, 0.717) is 19.8 Å². The SMILES string of the molecule is O=C(O)Oc1cc(CN2CCOCC2)c2ccccn2c1=O. The van der Waals surface area contributed by atoms with Crippen molar-refractivity contribution in [3.63, 3.8) is 0 Å². The van der Waals surface area contributed by atoms with Gasteiger partial charge in [0.05, 0.1) is 18.7 Å². The first-order valence-electron chi connectivity index (χ1n) is 6.99. The Morgan fingerprint density at radius 3 is 2.82 bits per heavy atom. The molecule has 0 spiro atoms. The van der Waals surface area contributed by atoms with E-state index >= 15 is 0 Å². The largest absolute Gasteiger partial charge is 0.511 e. The van der Waals surface area contributed by atoms with Crippen LogP contribution < -0.4 is 10.3 Å². The van der Waals surface area contributed by atoms with Crippen LogP contribution in [0.2, 0.25) is 0 Å². The summed E-state index contributed by atoms with van der Waals surface area (Å²) in [5.74, 6) is -0.181. The normalized spacial score (nSPS) is 15.8. The smallest absolute Gasteiger partial charge is 0.449 e. The Kier molecular flexibility index (Phi) is 4.08. The van der Waals surface area contributed by atoms with Gasteiger partial charge in [-0.25, -0.2) is 4.79 Å². The van der Waals surface area contributed by atoms with Crippen molar-refractivity contribution in [2.45, 2.75) is 6.54 Å². The first-order chi connectivity index (χ1) is 10.6. The molecule has 1 aliphatic rings. The third kappa shape index (κ3) is 2.95. The van der Waals surface area contributed by atoms with Crippen LogP contribution in [0.25, 0.3) is 5.52 Å². The van der Waals surface area contributed by atoms with Gasteiger partial charge in [0.2, 0.25) is 0 Å². The molecule has 22 heavy (non-hydrogen) atoms. The number of hydrogen-bond donors (Lipinski definition) is 1. The zero-order valence-corrected chi connectivity index (χ0v) is 11.9. The molecule has 0 aliphatic carbocycles. The van der Waals surface area contributed by atoms with Crippen molar-refractivity contribution in [2.75, 3.05) is 26.3 Å². The van der Waals surface area contributed by atoms with Crippen LogP contribution in [0.5, 0.6) is 5.75 Å². The molecular formula is C15H16N2O5. The first-order valence-corrected chi connectivity index (χ1v) is 6.99. The molecule has 116 valence electrons. The molecule has 0 atom stereocenters. The highest BCUT2D eigenvalue weighted by molar-refractivity contribution is 5.63. The molecule has 0 aromatic carbocycles. The molecule has 1 saturated heterocycles. The summed E-state index contributed by atoms with van der Waals surface area (Å²) < 4.78 is 11.4. The van der Waals surface area contributed by atoms with Crippen molar-refractivity contribution < 1.29 is 19.4 Å². The third-order valence-electron chi connectivity index (χ3n) is 3.62. The first kappa shape index (κ1) is 14.6. The maximum absolute atomic E-state index is 12.2. The Balaban J connectivity index is 2.04. The predicted molar refractivity (Wildman–Crippen MR) is 78.4 cm³/mol. The number of pyridine rings is 2. The highest BCUT2D eigenvalue weighted by atomic mass is 16.7. The fourth-order valence-electron chi connectivity index (χ4n) is 2.59. The highest BCUT2D eigenvalue weighted by Crippen LogP contribution is 2.17. The van der Waals surface area contributed by atoms with Crippen molar-refractivity contribution in [3.8, 4) is 5.75 Å². The maximum Gasteiger partial charge on any atom is 0.511 e. The van der Waals surface area contributed by atoms with E-state index in [0.717, 1.165) is 24.2 Å². The van der Waals surface area contributed by atoms with E-state index in [9.17, 15) is 9.59 Å². The molecule has 3 heterocycles. The summed E-state index contributed by atoms with van der Waals surface area (Å²) in [6.07, 6.45) is 0.111. The van der Waals surface area contributed by atoms with Crippen LogP contribution in [0.15, 0.2) is 35.3 Å². The lowest BCUT2D eigenvalue weighted by atomic mass is 10.1. The summed E-state index contributed by atoms with van der Waals surface area (Å²) in [4.78, 5) is 25.2. The number of morpholine rings is 1. The van der Waals surface area contributed by atoms with Crippen LogP contribution in [-0.2, 0) is 11.3 Å². The fourth-order valence-corrected chi connectivity index (χ4v) is 2.59. The average Bonchev–Trinajstić information content (AvgIpc) is 2.52. The lowest BCUT2D eigenvalue weighted by Crippen LogP contribution is -2.36. The molecule has 0 radical (unpaired) electrons. The number of aromatic nitrogens is 1. The zero-order valence-electron chi connectivity index (χ0n) is 11.9. The van der Waals surface area contributed by atoms with Gasteiger partial charge in [0.15, 0.2) is 5.75 Å². The summed E-state index contributed by atoms with van der Waals surface area (Å²) in [5.41, 5.74) is 1.11. The molecule has 3 rings (SSSR count). The monoisotopic (exact) mass is 304 g/mol. The Bertz CT molecular complexity index is 749. The third-order valence-corrected chi connectivity index (χ3v) is 3.62. The fraction of sp³-hybridized carbons (Fsp3) is 0.333. The van der Waals surface area contributed by atoms with Gasteiger partial charge in [0, 0.05) is 25.8 Å². The minimum absolute atomic E-state index is 0.181. The van der Waals surface area contributed by atoms with Gasteiger partial charge in [0.1, 0.15) is 0 Å². The van der Waals surface area contributed by atoms with Gasteiger partial charge in [-0.3, -0.25) is 14.1 Å². The van der Waals surface area contributed by atoms with E-state index < -0.39 is 11.7 Å². The standard InChI is InChI=1S/C15H16N2O5/c18-14-13(22-15(19)20)9-11(10-16-5-7-21-8-6-16)12-3-1-2-4-17(12)14/h1-4,9H,5-8,10H2,(H,19,20). The van der Waals surface area contributed by atoms with Crippen molar-refractivity contribution in [2.24, 2.45) is 0 Å². The van der Waals surface area contributed by atoms with Crippen molar-refractivity contribution in [1.82, 2.24) is 9.30 Å². The van der Waals surface area contributed by atoms with Crippen LogP contribution >= 0.6 is 0 Å². The van der Waals surface area contributed by atoms with Gasteiger partial charge >= 0.3 is 6.16 Å². The molecule has 0 saturated carbocycles. The number of rotatable bonds is 3. The minimum atomic E-state index is -1.50. The molecule has 1 N–H and O–H groups in total. The van der Waals surface area contributed by atoms with Gasteiger partial charge in [-0.2, -0.15) is 0 Å². The molecule has 7 nitrogen and oxygen atoms in total. The van der Waals surface area contributed by atoms with E-state index in [4.69, 9.17) is 9.84 Å². The number of ether oxygens (including phenoxy) is 2. The Morgan fingerprint density at radius 1 is 1.32 bits per heavy atom. The van der Waals surface area contributed by atoms with Gasteiger partial charge in [-0.05, 0) is 23.8 Å². The Labute approximate surface area is 126 Å². The second-order valence-electron chi connectivity index (χ2n) is 5.05. The summed E-state index contributed by atoms with van der Waals surface area (Å²) >= 11 is 0. The van der Waals surface area contributed by atoms with Crippen LogP contribution in [0.1, 0.15) is 5.56 Å². The molecule has 0 bridgehead atoms. The molecule has 2 aromatic rings. The molecule has 0 amide bonds. The second-order valence-corrected chi connectivity index (χ2v) is 5.05. The van der Waals surface area contributed by atoms with E-state index in [1.807, 2.05) is 12.1 Å². The molecule has 1 aliphatic heterocycles. The van der Waals surface area contributed by atoms with E-state index in [2.05, 4.69) is 9.64 Å². The van der Waals surface area contributed by atoms with Gasteiger partial charge in [0.25, 0.3) is 5.56 Å². The quantitative estimate of drug-likeness (QED) is 0.858. The van der Waals surface area contributed by atoms with Crippen molar-refractivity contribution in [3.05, 3.63) is 46.4 Å². The predicted octanol–water partition coefficient (Wildman–Crippen LogP) is 1.19. The van der Waals surface area contributed by atoms with E-state index in [1.165, 1.54) is 10.5 Å². The maximum atomic E-state index is 12.2. The summed E-state index contributed by atoms with van der Waals surface area (Å²) in [5, 5.41) is 8.78. The van der Waals surface area contributed by atoms with Crippen molar-refractivity contribution in [1.29, 1.82) is 0 Å². The lowest BCUT2D eigenvalue weighted by molar-refractivity contribution is 0.0343. The molecular weight excluding hydrogens is 288 g/mol.